The predicted octanol–water partition coefficient (Wildman–Crippen LogP) is 9.93. The Balaban J connectivity index is 1.18. The van der Waals surface area contributed by atoms with Crippen molar-refractivity contribution < 1.29 is 0 Å². The molecule has 3 aromatic carbocycles. The molecule has 0 aliphatic heterocycles. The maximum absolute atomic E-state index is 11.2. The number of nitrogens with zero attached hydrogens (tertiary/aromatic N) is 15. The lowest BCUT2D eigenvalue weighted by molar-refractivity contribution is 0.689. The Kier molecular flexibility index (Phi) is 9.18. The van der Waals surface area contributed by atoms with Crippen molar-refractivity contribution in [3.05, 3.63) is 197 Å². The van der Waals surface area contributed by atoms with E-state index in [0.29, 0.717) is 66.9 Å². The Labute approximate surface area is 402 Å². The molecular weight excluding hydrogens is 883 g/mol. The van der Waals surface area contributed by atoms with Crippen LogP contribution in [-0.4, -0.2) is 43.6 Å². The topological polar surface area (TPSA) is 235 Å². The fraction of sp³-hybridized carbons (Fsp3) is 0.0357. The van der Waals surface area contributed by atoms with E-state index in [1.807, 2.05) is 57.0 Å². The number of pyridine rings is 6. The zero-order valence-corrected chi connectivity index (χ0v) is 37.1. The number of benzene rings is 3. The van der Waals surface area contributed by atoms with Gasteiger partial charge in [-0.15, -0.1) is 0 Å². The summed E-state index contributed by atoms with van der Waals surface area (Å²) < 4.78 is 5.56. The van der Waals surface area contributed by atoms with E-state index in [4.69, 9.17) is 0 Å². The molecule has 15 nitrogen and oxygen atoms in total. The van der Waals surface area contributed by atoms with E-state index >= 15 is 0 Å². The summed E-state index contributed by atoms with van der Waals surface area (Å²) in [5.74, 6) is 0. The molecule has 0 saturated heterocycles. The van der Waals surface area contributed by atoms with Gasteiger partial charge in [0.05, 0.1) is 83.5 Å². The third kappa shape index (κ3) is 5.83. The minimum Gasteiger partial charge on any atom is -0.306 e. The lowest BCUT2D eigenvalue weighted by Crippen LogP contribution is -2.27. The quantitative estimate of drug-likeness (QED) is 0.142. The van der Waals surface area contributed by atoms with Gasteiger partial charge in [-0.1, -0.05) is 0 Å². The van der Waals surface area contributed by atoms with Gasteiger partial charge in [0.15, 0.2) is 0 Å². The van der Waals surface area contributed by atoms with E-state index in [-0.39, 0.29) is 33.4 Å². The van der Waals surface area contributed by atoms with Gasteiger partial charge < -0.3 is 13.7 Å². The molecule has 9 heterocycles. The third-order valence-corrected chi connectivity index (χ3v) is 13.6. The number of rotatable bonds is 6. The Morgan fingerprint density at radius 3 is 0.676 bits per heavy atom. The monoisotopic (exact) mass is 909 g/mol. The zero-order valence-electron chi connectivity index (χ0n) is 37.1. The molecule has 0 amide bonds. The van der Waals surface area contributed by atoms with Crippen LogP contribution in [0.2, 0.25) is 0 Å². The summed E-state index contributed by atoms with van der Waals surface area (Å²) in [6.07, 6.45) is 20.1. The van der Waals surface area contributed by atoms with E-state index < -0.39 is 5.41 Å². The molecule has 9 aromatic heterocycles. The number of nitriles is 6. The van der Waals surface area contributed by atoms with Gasteiger partial charge in [0, 0.05) is 112 Å². The molecule has 0 unspecified atom stereocenters. The standard InChI is InChI=1S/C56H27N15/c1-56(38-14-32(20-57)53(33(15-38)21-58)69-47-2-8-63-26-41(47)42-27-64-9-3-48(42)69,39-16-34(22-59)54(35(17-39)23-60)70-49-4-10-65-28-43(49)44-29-66-11-5-50(44)70)40-18-36(24-61)55(37(19-40)25-62)71-51-6-12-67-30-45(51)46-31-68-13-7-52(46)71/h2-19,26-31H,1H3. The smallest absolute Gasteiger partial charge is 0.101 e. The number of hydrogen-bond acceptors (Lipinski definition) is 12. The van der Waals surface area contributed by atoms with Gasteiger partial charge in [-0.2, -0.15) is 31.6 Å². The summed E-state index contributed by atoms with van der Waals surface area (Å²) in [6.45, 7) is 1.84. The van der Waals surface area contributed by atoms with Crippen LogP contribution >= 0.6 is 0 Å². The first kappa shape index (κ1) is 41.3. The van der Waals surface area contributed by atoms with Crippen LogP contribution in [0.25, 0.3) is 82.5 Å². The van der Waals surface area contributed by atoms with Gasteiger partial charge in [0.25, 0.3) is 0 Å². The first-order valence-electron chi connectivity index (χ1n) is 21.9. The van der Waals surface area contributed by atoms with Crippen molar-refractivity contribution in [2.24, 2.45) is 0 Å². The van der Waals surface area contributed by atoms with Crippen molar-refractivity contribution in [2.45, 2.75) is 12.3 Å². The fourth-order valence-corrected chi connectivity index (χ4v) is 10.4. The number of hydrogen-bond donors (Lipinski definition) is 0. The van der Waals surface area contributed by atoms with Crippen molar-refractivity contribution in [3.63, 3.8) is 0 Å². The van der Waals surface area contributed by atoms with E-state index in [9.17, 15) is 31.6 Å². The molecule has 0 radical (unpaired) electrons. The van der Waals surface area contributed by atoms with Crippen LogP contribution in [0.15, 0.2) is 147 Å². The summed E-state index contributed by atoms with van der Waals surface area (Å²) in [5.41, 5.74) is 5.65. The molecule has 0 fully saturated rings. The van der Waals surface area contributed by atoms with Gasteiger partial charge in [0.1, 0.15) is 36.4 Å². The molecule has 12 aromatic rings. The maximum Gasteiger partial charge on any atom is 0.101 e. The van der Waals surface area contributed by atoms with Gasteiger partial charge in [-0.05, 0) is 96.4 Å². The molecule has 0 bridgehead atoms. The van der Waals surface area contributed by atoms with Gasteiger partial charge >= 0.3 is 0 Å². The Hall–Kier alpha value is -11.1. The number of fused-ring (bicyclic) bond motifs is 9. The van der Waals surface area contributed by atoms with Gasteiger partial charge in [-0.25, -0.2) is 0 Å². The van der Waals surface area contributed by atoms with E-state index in [0.717, 1.165) is 32.3 Å². The Morgan fingerprint density at radius 2 is 0.507 bits per heavy atom. The van der Waals surface area contributed by atoms with Gasteiger partial charge in [0.2, 0.25) is 0 Å². The third-order valence-electron chi connectivity index (χ3n) is 13.6. The summed E-state index contributed by atoms with van der Waals surface area (Å²) in [6, 6.07) is 35.3. The van der Waals surface area contributed by atoms with Crippen LogP contribution in [-0.2, 0) is 5.41 Å². The van der Waals surface area contributed by atoms with Crippen molar-refractivity contribution in [1.29, 1.82) is 31.6 Å². The average Bonchev–Trinajstić information content (AvgIpc) is 4.07. The van der Waals surface area contributed by atoms with Crippen molar-refractivity contribution >= 4 is 65.4 Å². The Morgan fingerprint density at radius 1 is 0.324 bits per heavy atom. The molecule has 15 heteroatoms. The fourth-order valence-electron chi connectivity index (χ4n) is 10.4. The summed E-state index contributed by atoms with van der Waals surface area (Å²) in [5, 5.41) is 71.7. The molecule has 0 aliphatic rings. The van der Waals surface area contributed by atoms with E-state index in [2.05, 4.69) is 66.3 Å². The van der Waals surface area contributed by atoms with Crippen LogP contribution in [0.1, 0.15) is 57.0 Å². The largest absolute Gasteiger partial charge is 0.306 e. The van der Waals surface area contributed by atoms with Crippen molar-refractivity contribution in [3.8, 4) is 53.5 Å². The normalized spacial score (nSPS) is 11.4. The second-order valence-corrected chi connectivity index (χ2v) is 16.9. The van der Waals surface area contributed by atoms with Crippen LogP contribution in [0, 0.1) is 68.0 Å². The average molecular weight is 910 g/mol. The highest BCUT2D eigenvalue weighted by atomic mass is 15.0. The predicted molar refractivity (Wildman–Crippen MR) is 263 cm³/mol. The molecule has 0 atom stereocenters. The van der Waals surface area contributed by atoms with E-state index in [1.54, 1.807) is 111 Å². The van der Waals surface area contributed by atoms with E-state index in [1.165, 1.54) is 0 Å². The van der Waals surface area contributed by atoms with Crippen LogP contribution in [0.3, 0.4) is 0 Å². The zero-order chi connectivity index (χ0) is 48.5. The molecule has 71 heavy (non-hydrogen) atoms. The molecule has 12 rings (SSSR count). The SMILES string of the molecule is CC(c1cc(C#N)c(-n2c3ccncc3c3cnccc32)c(C#N)c1)(c1cc(C#N)c(-n2c3ccncc3c3cnccc32)c(C#N)c1)c1cc(C#N)c(-n2c3ccncc3c3cnccc32)c(C#N)c1. The maximum atomic E-state index is 11.2. The van der Waals surface area contributed by atoms with Crippen LogP contribution in [0.5, 0.6) is 0 Å². The highest BCUT2D eigenvalue weighted by Crippen LogP contribution is 2.46. The van der Waals surface area contributed by atoms with Crippen molar-refractivity contribution in [1.82, 2.24) is 43.6 Å². The molecule has 326 valence electrons. The lowest BCUT2D eigenvalue weighted by atomic mass is 9.69. The summed E-state index contributed by atoms with van der Waals surface area (Å²) in [7, 11) is 0. The summed E-state index contributed by atoms with van der Waals surface area (Å²) in [4.78, 5) is 26.1. The van der Waals surface area contributed by atoms with Crippen LogP contribution < -0.4 is 0 Å². The van der Waals surface area contributed by atoms with Gasteiger partial charge in [-0.3, -0.25) is 29.9 Å². The molecule has 0 saturated carbocycles. The highest BCUT2D eigenvalue weighted by Gasteiger charge is 2.37. The second-order valence-electron chi connectivity index (χ2n) is 16.9. The molecular formula is C56H27N15. The van der Waals surface area contributed by atoms with Crippen LogP contribution in [0.4, 0.5) is 0 Å². The first-order chi connectivity index (χ1) is 34.9. The minimum atomic E-state index is -1.49. The summed E-state index contributed by atoms with van der Waals surface area (Å²) >= 11 is 0. The molecule has 0 spiro atoms. The second kappa shape index (κ2) is 15.8. The van der Waals surface area contributed by atoms with Crippen molar-refractivity contribution in [2.75, 3.05) is 0 Å². The highest BCUT2D eigenvalue weighted by molar-refractivity contribution is 6.11. The minimum absolute atomic E-state index is 0.132. The molecule has 0 aliphatic carbocycles. The Bertz CT molecular complexity index is 3860. The first-order valence-corrected chi connectivity index (χ1v) is 21.9. The number of aromatic nitrogens is 9. The lowest BCUT2D eigenvalue weighted by Gasteiger charge is -2.34. The molecule has 0 N–H and O–H groups in total.